The summed E-state index contributed by atoms with van der Waals surface area (Å²) in [6.45, 7) is 6.62. The molecule has 1 saturated heterocycles. The van der Waals surface area contributed by atoms with Crippen LogP contribution in [0.25, 0.3) is 0 Å². The number of rotatable bonds is 1. The lowest BCUT2D eigenvalue weighted by molar-refractivity contribution is 0.0655. The molecule has 0 spiro atoms. The minimum absolute atomic E-state index is 0.117. The lowest BCUT2D eigenvalue weighted by atomic mass is 10.1. The number of piperazine rings is 1. The number of aryl methyl sites for hydroxylation is 1. The van der Waals surface area contributed by atoms with Crippen LogP contribution < -0.4 is 5.32 Å². The summed E-state index contributed by atoms with van der Waals surface area (Å²) in [5.41, 5.74) is 1.91. The first-order chi connectivity index (χ1) is 8.09. The quantitative estimate of drug-likeness (QED) is 0.862. The molecular formula is C13H17BrN2O. The summed E-state index contributed by atoms with van der Waals surface area (Å²) in [6, 6.07) is 6.12. The number of carbonyl (C=O) groups is 1. The van der Waals surface area contributed by atoms with Gasteiger partial charge in [0, 0.05) is 30.1 Å². The van der Waals surface area contributed by atoms with Crippen molar-refractivity contribution in [3.05, 3.63) is 33.8 Å². The molecule has 1 amide bonds. The van der Waals surface area contributed by atoms with E-state index in [0.29, 0.717) is 0 Å². The van der Waals surface area contributed by atoms with E-state index in [0.717, 1.165) is 35.2 Å². The summed E-state index contributed by atoms with van der Waals surface area (Å²) >= 11 is 3.47. The number of nitrogens with zero attached hydrogens (tertiary/aromatic N) is 1. The van der Waals surface area contributed by atoms with E-state index >= 15 is 0 Å². The van der Waals surface area contributed by atoms with Gasteiger partial charge < -0.3 is 10.2 Å². The van der Waals surface area contributed by atoms with Gasteiger partial charge in [-0.15, -0.1) is 0 Å². The Morgan fingerprint density at radius 3 is 2.94 bits per heavy atom. The molecule has 0 aromatic heterocycles. The van der Waals surface area contributed by atoms with E-state index < -0.39 is 0 Å². The second kappa shape index (κ2) is 5.19. The fourth-order valence-corrected chi connectivity index (χ4v) is 2.75. The number of hydrogen-bond acceptors (Lipinski definition) is 2. The highest BCUT2D eigenvalue weighted by Gasteiger charge is 2.25. The van der Waals surface area contributed by atoms with Crippen molar-refractivity contribution in [3.8, 4) is 0 Å². The van der Waals surface area contributed by atoms with Gasteiger partial charge in [-0.3, -0.25) is 4.79 Å². The zero-order valence-corrected chi connectivity index (χ0v) is 11.8. The number of halogens is 1. The molecule has 0 aliphatic carbocycles. The molecule has 0 radical (unpaired) electrons. The standard InChI is InChI=1S/C13H17BrN2O/c1-9-3-4-11(12(14)7-9)13(17)16-6-5-15-8-10(16)2/h3-4,7,10,15H,5-6,8H2,1-2H3/t10-/m1/s1. The van der Waals surface area contributed by atoms with Crippen molar-refractivity contribution in [2.45, 2.75) is 19.9 Å². The zero-order chi connectivity index (χ0) is 12.4. The van der Waals surface area contributed by atoms with Crippen molar-refractivity contribution in [3.63, 3.8) is 0 Å². The Labute approximate surface area is 110 Å². The molecule has 1 aromatic rings. The third-order valence-corrected chi connectivity index (χ3v) is 3.77. The maximum absolute atomic E-state index is 12.4. The Hall–Kier alpha value is -0.870. The second-order valence-corrected chi connectivity index (χ2v) is 5.39. The SMILES string of the molecule is Cc1ccc(C(=O)N2CCNC[C@H]2C)c(Br)c1. The van der Waals surface area contributed by atoms with Gasteiger partial charge in [0.05, 0.1) is 5.56 Å². The number of amides is 1. The summed E-state index contributed by atoms with van der Waals surface area (Å²) in [5.74, 6) is 0.117. The molecule has 3 nitrogen and oxygen atoms in total. The minimum Gasteiger partial charge on any atom is -0.333 e. The Balaban J connectivity index is 2.24. The van der Waals surface area contributed by atoms with Gasteiger partial charge in [0.15, 0.2) is 0 Å². The number of nitrogens with one attached hydrogen (secondary N) is 1. The van der Waals surface area contributed by atoms with Crippen molar-refractivity contribution >= 4 is 21.8 Å². The van der Waals surface area contributed by atoms with Gasteiger partial charge in [0.1, 0.15) is 0 Å². The second-order valence-electron chi connectivity index (χ2n) is 4.53. The number of carbonyl (C=O) groups excluding carboxylic acids is 1. The van der Waals surface area contributed by atoms with Crippen molar-refractivity contribution in [2.24, 2.45) is 0 Å². The van der Waals surface area contributed by atoms with Crippen LogP contribution in [0, 0.1) is 6.92 Å². The van der Waals surface area contributed by atoms with Crippen LogP contribution in [0.4, 0.5) is 0 Å². The van der Waals surface area contributed by atoms with Gasteiger partial charge in [-0.25, -0.2) is 0 Å². The van der Waals surface area contributed by atoms with E-state index in [1.807, 2.05) is 30.0 Å². The fraction of sp³-hybridized carbons (Fsp3) is 0.462. The topological polar surface area (TPSA) is 32.3 Å². The average Bonchev–Trinajstić information content (AvgIpc) is 2.29. The van der Waals surface area contributed by atoms with E-state index in [4.69, 9.17) is 0 Å². The van der Waals surface area contributed by atoms with Crippen molar-refractivity contribution < 1.29 is 4.79 Å². The predicted molar refractivity (Wildman–Crippen MR) is 72.2 cm³/mol. The van der Waals surface area contributed by atoms with Gasteiger partial charge in [-0.05, 0) is 47.5 Å². The molecule has 1 fully saturated rings. The van der Waals surface area contributed by atoms with Crippen LogP contribution in [-0.4, -0.2) is 36.5 Å². The van der Waals surface area contributed by atoms with Crippen LogP contribution in [0.15, 0.2) is 22.7 Å². The van der Waals surface area contributed by atoms with Gasteiger partial charge in [-0.1, -0.05) is 6.07 Å². The Bertz CT molecular complexity index is 433. The molecule has 1 aliphatic rings. The molecular weight excluding hydrogens is 280 g/mol. The lowest BCUT2D eigenvalue weighted by Crippen LogP contribution is -2.52. The summed E-state index contributed by atoms with van der Waals surface area (Å²) in [7, 11) is 0. The van der Waals surface area contributed by atoms with Crippen LogP contribution in [0.1, 0.15) is 22.8 Å². The van der Waals surface area contributed by atoms with E-state index in [1.165, 1.54) is 0 Å². The van der Waals surface area contributed by atoms with Gasteiger partial charge in [0.2, 0.25) is 0 Å². The smallest absolute Gasteiger partial charge is 0.255 e. The maximum atomic E-state index is 12.4. The van der Waals surface area contributed by atoms with E-state index in [2.05, 4.69) is 28.2 Å². The van der Waals surface area contributed by atoms with Crippen LogP contribution in [0.5, 0.6) is 0 Å². The van der Waals surface area contributed by atoms with Crippen LogP contribution >= 0.6 is 15.9 Å². The number of hydrogen-bond donors (Lipinski definition) is 1. The molecule has 1 aromatic carbocycles. The molecule has 1 heterocycles. The molecule has 1 atom stereocenters. The molecule has 0 saturated carbocycles. The highest BCUT2D eigenvalue weighted by Crippen LogP contribution is 2.21. The maximum Gasteiger partial charge on any atom is 0.255 e. The first-order valence-electron chi connectivity index (χ1n) is 5.87. The summed E-state index contributed by atoms with van der Waals surface area (Å²) < 4.78 is 0.883. The van der Waals surface area contributed by atoms with E-state index in [9.17, 15) is 4.79 Å². The fourth-order valence-electron chi connectivity index (χ4n) is 2.09. The van der Waals surface area contributed by atoms with Crippen LogP contribution in [0.3, 0.4) is 0 Å². The first-order valence-corrected chi connectivity index (χ1v) is 6.66. The zero-order valence-electron chi connectivity index (χ0n) is 10.2. The van der Waals surface area contributed by atoms with Crippen LogP contribution in [-0.2, 0) is 0 Å². The third kappa shape index (κ3) is 2.69. The van der Waals surface area contributed by atoms with Gasteiger partial charge in [0.25, 0.3) is 5.91 Å². The third-order valence-electron chi connectivity index (χ3n) is 3.12. The van der Waals surface area contributed by atoms with Crippen molar-refractivity contribution in [2.75, 3.05) is 19.6 Å². The van der Waals surface area contributed by atoms with Crippen molar-refractivity contribution in [1.29, 1.82) is 0 Å². The molecule has 0 unspecified atom stereocenters. The van der Waals surface area contributed by atoms with Crippen molar-refractivity contribution in [1.82, 2.24) is 10.2 Å². The normalized spacial score (nSPS) is 20.4. The minimum atomic E-state index is 0.117. The Kier molecular flexibility index (Phi) is 3.84. The predicted octanol–water partition coefficient (Wildman–Crippen LogP) is 2.19. The van der Waals surface area contributed by atoms with Crippen LogP contribution in [0.2, 0.25) is 0 Å². The molecule has 2 rings (SSSR count). The molecule has 1 N–H and O–H groups in total. The highest BCUT2D eigenvalue weighted by molar-refractivity contribution is 9.10. The van der Waals surface area contributed by atoms with E-state index in [1.54, 1.807) is 0 Å². The summed E-state index contributed by atoms with van der Waals surface area (Å²) in [4.78, 5) is 14.3. The van der Waals surface area contributed by atoms with Gasteiger partial charge >= 0.3 is 0 Å². The largest absolute Gasteiger partial charge is 0.333 e. The molecule has 92 valence electrons. The molecule has 4 heteroatoms. The first kappa shape index (κ1) is 12.6. The summed E-state index contributed by atoms with van der Waals surface area (Å²) in [6.07, 6.45) is 0. The van der Waals surface area contributed by atoms with Gasteiger partial charge in [-0.2, -0.15) is 0 Å². The molecule has 0 bridgehead atoms. The highest BCUT2D eigenvalue weighted by atomic mass is 79.9. The monoisotopic (exact) mass is 296 g/mol. The average molecular weight is 297 g/mol. The molecule has 17 heavy (non-hydrogen) atoms. The van der Waals surface area contributed by atoms with E-state index in [-0.39, 0.29) is 11.9 Å². The Morgan fingerprint density at radius 2 is 2.29 bits per heavy atom. The summed E-state index contributed by atoms with van der Waals surface area (Å²) in [5, 5.41) is 3.29. The Morgan fingerprint density at radius 1 is 1.53 bits per heavy atom. The molecule has 1 aliphatic heterocycles. The lowest BCUT2D eigenvalue weighted by Gasteiger charge is -2.34. The number of benzene rings is 1.